The van der Waals surface area contributed by atoms with Gasteiger partial charge in [-0.05, 0) is 57.8 Å². The number of thiophene rings is 1. The number of guanidine groups is 1. The van der Waals surface area contributed by atoms with Gasteiger partial charge >= 0.3 is 0 Å². The van der Waals surface area contributed by atoms with E-state index >= 15 is 0 Å². The lowest BCUT2D eigenvalue weighted by Gasteiger charge is -2.29. The molecule has 1 saturated heterocycles. The van der Waals surface area contributed by atoms with Crippen molar-refractivity contribution in [2.24, 2.45) is 10.9 Å². The average molecular weight is 464 g/mol. The first kappa shape index (κ1) is 21.7. The molecule has 1 aromatic heterocycles. The van der Waals surface area contributed by atoms with Gasteiger partial charge in [-0.25, -0.2) is 4.99 Å². The van der Waals surface area contributed by atoms with Crippen LogP contribution in [-0.4, -0.2) is 43.6 Å². The second-order valence-electron chi connectivity index (χ2n) is 6.55. The number of hydrogen-bond acceptors (Lipinski definition) is 3. The van der Waals surface area contributed by atoms with Crippen LogP contribution in [0.25, 0.3) is 0 Å². The van der Waals surface area contributed by atoms with Gasteiger partial charge in [0.25, 0.3) is 0 Å². The molecule has 1 fully saturated rings. The van der Waals surface area contributed by atoms with Crippen LogP contribution in [0.3, 0.4) is 0 Å². The fraction of sp³-hybridized carbons (Fsp3) is 0.722. The zero-order valence-corrected chi connectivity index (χ0v) is 18.5. The minimum atomic E-state index is 0. The summed E-state index contributed by atoms with van der Waals surface area (Å²) in [7, 11) is 0. The number of hydrogen-bond donors (Lipinski definition) is 2. The Balaban J connectivity index is 0.00000288. The molecule has 1 aliphatic rings. The fourth-order valence-corrected chi connectivity index (χ4v) is 3.80. The molecule has 2 N–H and O–H groups in total. The van der Waals surface area contributed by atoms with Crippen LogP contribution in [0.2, 0.25) is 0 Å². The van der Waals surface area contributed by atoms with E-state index in [0.717, 1.165) is 25.6 Å². The van der Waals surface area contributed by atoms with Gasteiger partial charge in [0.1, 0.15) is 0 Å². The number of likely N-dealkylation sites (tertiary alicyclic amines) is 1. The van der Waals surface area contributed by atoms with Crippen LogP contribution in [0.15, 0.2) is 17.1 Å². The topological polar surface area (TPSA) is 39.7 Å². The van der Waals surface area contributed by atoms with Gasteiger partial charge in [-0.15, -0.1) is 35.3 Å². The SMILES string of the molecule is CCNC(=NCc1ccc(C)s1)NCC(C)CN1CCCCC1.I. The maximum atomic E-state index is 4.71. The first-order chi connectivity index (χ1) is 11.2. The predicted molar refractivity (Wildman–Crippen MR) is 117 cm³/mol. The second kappa shape index (κ2) is 12.1. The Kier molecular flexibility index (Phi) is 10.9. The third-order valence-electron chi connectivity index (χ3n) is 4.17. The van der Waals surface area contributed by atoms with Crippen molar-refractivity contribution in [2.75, 3.05) is 32.7 Å². The largest absolute Gasteiger partial charge is 0.357 e. The molecule has 1 unspecified atom stereocenters. The summed E-state index contributed by atoms with van der Waals surface area (Å²) < 4.78 is 0. The molecule has 1 atom stereocenters. The molecule has 24 heavy (non-hydrogen) atoms. The molecule has 0 radical (unpaired) electrons. The summed E-state index contributed by atoms with van der Waals surface area (Å²) in [6, 6.07) is 4.34. The lowest BCUT2D eigenvalue weighted by Crippen LogP contribution is -2.42. The van der Waals surface area contributed by atoms with Crippen molar-refractivity contribution in [3.05, 3.63) is 21.9 Å². The molecule has 0 bridgehead atoms. The first-order valence-electron chi connectivity index (χ1n) is 8.97. The molecule has 0 amide bonds. The Morgan fingerprint density at radius 1 is 1.25 bits per heavy atom. The van der Waals surface area contributed by atoms with Crippen LogP contribution in [0, 0.1) is 12.8 Å². The zero-order valence-electron chi connectivity index (χ0n) is 15.3. The Labute approximate surface area is 168 Å². The number of nitrogens with one attached hydrogen (secondary N) is 2. The number of nitrogens with zero attached hydrogens (tertiary/aromatic N) is 2. The predicted octanol–water partition coefficient (Wildman–Crippen LogP) is 3.85. The van der Waals surface area contributed by atoms with Crippen LogP contribution >= 0.6 is 35.3 Å². The van der Waals surface area contributed by atoms with E-state index < -0.39 is 0 Å². The molecule has 0 aliphatic carbocycles. The molecule has 6 heteroatoms. The van der Waals surface area contributed by atoms with Gasteiger partial charge in [-0.1, -0.05) is 13.3 Å². The summed E-state index contributed by atoms with van der Waals surface area (Å²) in [6.07, 6.45) is 4.14. The van der Waals surface area contributed by atoms with Crippen molar-refractivity contribution in [3.8, 4) is 0 Å². The first-order valence-corrected chi connectivity index (χ1v) is 9.79. The number of halogens is 1. The molecule has 2 rings (SSSR count). The lowest BCUT2D eigenvalue weighted by atomic mass is 10.1. The second-order valence-corrected chi connectivity index (χ2v) is 7.93. The fourth-order valence-electron chi connectivity index (χ4n) is 2.99. The van der Waals surface area contributed by atoms with E-state index in [4.69, 9.17) is 4.99 Å². The van der Waals surface area contributed by atoms with E-state index in [1.807, 2.05) is 11.3 Å². The van der Waals surface area contributed by atoms with E-state index in [9.17, 15) is 0 Å². The third kappa shape index (κ3) is 8.16. The molecule has 1 aliphatic heterocycles. The van der Waals surface area contributed by atoms with E-state index in [2.05, 4.69) is 48.4 Å². The lowest BCUT2D eigenvalue weighted by molar-refractivity contribution is 0.201. The molecular formula is C18H33IN4S. The van der Waals surface area contributed by atoms with Crippen LogP contribution in [0.1, 0.15) is 42.9 Å². The van der Waals surface area contributed by atoms with Gasteiger partial charge in [-0.2, -0.15) is 0 Å². The zero-order chi connectivity index (χ0) is 16.5. The van der Waals surface area contributed by atoms with E-state index in [1.165, 1.54) is 48.7 Å². The quantitative estimate of drug-likeness (QED) is 0.366. The summed E-state index contributed by atoms with van der Waals surface area (Å²) in [5, 5.41) is 6.85. The molecule has 0 spiro atoms. The van der Waals surface area contributed by atoms with Crippen molar-refractivity contribution in [1.82, 2.24) is 15.5 Å². The number of aliphatic imine (C=N–C) groups is 1. The number of aryl methyl sites for hydroxylation is 1. The molecular weight excluding hydrogens is 431 g/mol. The number of piperidine rings is 1. The molecule has 1 aromatic rings. The van der Waals surface area contributed by atoms with Gasteiger partial charge in [-0.3, -0.25) is 0 Å². The smallest absolute Gasteiger partial charge is 0.191 e. The van der Waals surface area contributed by atoms with Crippen LogP contribution < -0.4 is 10.6 Å². The molecule has 138 valence electrons. The van der Waals surface area contributed by atoms with Crippen molar-refractivity contribution < 1.29 is 0 Å². The van der Waals surface area contributed by atoms with Gasteiger partial charge in [0.15, 0.2) is 5.96 Å². The van der Waals surface area contributed by atoms with Crippen LogP contribution in [-0.2, 0) is 6.54 Å². The third-order valence-corrected chi connectivity index (χ3v) is 5.16. The molecule has 0 aromatic carbocycles. The van der Waals surface area contributed by atoms with Crippen molar-refractivity contribution in [3.63, 3.8) is 0 Å². The molecule has 2 heterocycles. The number of rotatable bonds is 7. The van der Waals surface area contributed by atoms with Crippen LogP contribution in [0.4, 0.5) is 0 Å². The summed E-state index contributed by atoms with van der Waals surface area (Å²) in [5.41, 5.74) is 0. The summed E-state index contributed by atoms with van der Waals surface area (Å²) in [6.45, 7) is 13.0. The maximum absolute atomic E-state index is 4.71. The highest BCUT2D eigenvalue weighted by atomic mass is 127. The van der Waals surface area contributed by atoms with Gasteiger partial charge in [0, 0.05) is 29.4 Å². The minimum Gasteiger partial charge on any atom is -0.357 e. The van der Waals surface area contributed by atoms with Gasteiger partial charge in [0.05, 0.1) is 6.54 Å². The van der Waals surface area contributed by atoms with Gasteiger partial charge in [0.2, 0.25) is 0 Å². The van der Waals surface area contributed by atoms with Crippen molar-refractivity contribution in [1.29, 1.82) is 0 Å². The Bertz CT molecular complexity index is 483. The minimum absolute atomic E-state index is 0. The Morgan fingerprint density at radius 2 is 2.00 bits per heavy atom. The standard InChI is InChI=1S/C18H32N4S.HI/c1-4-19-18(21-13-17-9-8-16(3)23-17)20-12-15(2)14-22-10-6-5-7-11-22;/h8-9,15H,4-7,10-14H2,1-3H3,(H2,19,20,21);1H. The van der Waals surface area contributed by atoms with E-state index in [-0.39, 0.29) is 24.0 Å². The summed E-state index contributed by atoms with van der Waals surface area (Å²) in [4.78, 5) is 9.98. The van der Waals surface area contributed by atoms with Gasteiger partial charge < -0.3 is 15.5 Å². The normalized spacial score (nSPS) is 17.2. The average Bonchev–Trinajstić information content (AvgIpc) is 2.96. The maximum Gasteiger partial charge on any atom is 0.191 e. The highest BCUT2D eigenvalue weighted by molar-refractivity contribution is 14.0. The van der Waals surface area contributed by atoms with E-state index in [0.29, 0.717) is 5.92 Å². The van der Waals surface area contributed by atoms with Crippen molar-refractivity contribution in [2.45, 2.75) is 46.6 Å². The highest BCUT2D eigenvalue weighted by Crippen LogP contribution is 2.15. The Hall–Kier alpha value is -0.340. The van der Waals surface area contributed by atoms with Crippen molar-refractivity contribution >= 4 is 41.3 Å². The van der Waals surface area contributed by atoms with E-state index in [1.54, 1.807) is 0 Å². The highest BCUT2D eigenvalue weighted by Gasteiger charge is 2.13. The Morgan fingerprint density at radius 3 is 2.62 bits per heavy atom. The molecule has 4 nitrogen and oxygen atoms in total. The monoisotopic (exact) mass is 464 g/mol. The molecule has 0 saturated carbocycles. The summed E-state index contributed by atoms with van der Waals surface area (Å²) >= 11 is 1.83. The summed E-state index contributed by atoms with van der Waals surface area (Å²) in [5.74, 6) is 1.57. The van der Waals surface area contributed by atoms with Crippen LogP contribution in [0.5, 0.6) is 0 Å².